The van der Waals surface area contributed by atoms with Gasteiger partial charge in [0.05, 0.1) is 11.6 Å². The molecular formula is C16H15BrClNO. The van der Waals surface area contributed by atoms with Gasteiger partial charge in [0.1, 0.15) is 0 Å². The van der Waals surface area contributed by atoms with Crippen molar-refractivity contribution in [2.45, 2.75) is 13.0 Å². The predicted molar refractivity (Wildman–Crippen MR) is 86.1 cm³/mol. The van der Waals surface area contributed by atoms with Crippen molar-refractivity contribution in [1.82, 2.24) is 4.90 Å². The van der Waals surface area contributed by atoms with Gasteiger partial charge in [-0.1, -0.05) is 41.9 Å². The maximum Gasteiger partial charge on any atom is 0.255 e. The highest BCUT2D eigenvalue weighted by Gasteiger charge is 2.21. The van der Waals surface area contributed by atoms with Crippen LogP contribution in [0.4, 0.5) is 0 Å². The Hall–Kier alpha value is -1.32. The molecule has 0 aromatic heterocycles. The fraction of sp³-hybridized carbons (Fsp3) is 0.188. The first-order valence-corrected chi connectivity index (χ1v) is 7.45. The lowest BCUT2D eigenvalue weighted by Gasteiger charge is -2.26. The summed E-state index contributed by atoms with van der Waals surface area (Å²) in [7, 11) is 1.79. The zero-order chi connectivity index (χ0) is 14.7. The van der Waals surface area contributed by atoms with E-state index in [-0.39, 0.29) is 11.9 Å². The molecule has 0 spiro atoms. The van der Waals surface area contributed by atoms with E-state index in [0.29, 0.717) is 10.6 Å². The Labute approximate surface area is 132 Å². The largest absolute Gasteiger partial charge is 0.335 e. The van der Waals surface area contributed by atoms with Crippen LogP contribution in [-0.4, -0.2) is 17.9 Å². The minimum Gasteiger partial charge on any atom is -0.335 e. The van der Waals surface area contributed by atoms with Gasteiger partial charge in [-0.15, -0.1) is 0 Å². The summed E-state index contributed by atoms with van der Waals surface area (Å²) in [6, 6.07) is 14.9. The summed E-state index contributed by atoms with van der Waals surface area (Å²) in [5, 5.41) is 0.673. The summed E-state index contributed by atoms with van der Waals surface area (Å²) >= 11 is 9.61. The van der Waals surface area contributed by atoms with Crippen LogP contribution in [0.2, 0.25) is 5.02 Å². The first kappa shape index (κ1) is 15.1. The van der Waals surface area contributed by atoms with Gasteiger partial charge in [-0.3, -0.25) is 4.79 Å². The molecule has 0 heterocycles. The number of rotatable bonds is 3. The van der Waals surface area contributed by atoms with Gasteiger partial charge in [0.15, 0.2) is 0 Å². The van der Waals surface area contributed by atoms with Crippen molar-refractivity contribution in [2.75, 3.05) is 7.05 Å². The maximum atomic E-state index is 12.5. The average molecular weight is 353 g/mol. The molecule has 104 valence electrons. The van der Waals surface area contributed by atoms with Crippen molar-refractivity contribution < 1.29 is 4.79 Å². The molecule has 0 bridgehead atoms. The Bertz CT molecular complexity index is 629. The molecule has 2 aromatic carbocycles. The third-order valence-electron chi connectivity index (χ3n) is 3.36. The normalized spacial score (nSPS) is 12.0. The lowest BCUT2D eigenvalue weighted by Crippen LogP contribution is -2.30. The summed E-state index contributed by atoms with van der Waals surface area (Å²) in [6.07, 6.45) is 0. The molecule has 0 aliphatic rings. The van der Waals surface area contributed by atoms with E-state index in [2.05, 4.69) is 15.9 Å². The van der Waals surface area contributed by atoms with Gasteiger partial charge in [-0.05, 0) is 46.6 Å². The highest BCUT2D eigenvalue weighted by atomic mass is 79.9. The van der Waals surface area contributed by atoms with Crippen molar-refractivity contribution in [2.24, 2.45) is 0 Å². The van der Waals surface area contributed by atoms with Gasteiger partial charge in [-0.25, -0.2) is 0 Å². The van der Waals surface area contributed by atoms with Gasteiger partial charge in [0.2, 0.25) is 0 Å². The van der Waals surface area contributed by atoms with E-state index < -0.39 is 0 Å². The molecule has 0 N–H and O–H groups in total. The van der Waals surface area contributed by atoms with Crippen LogP contribution in [0, 0.1) is 0 Å². The molecule has 1 unspecified atom stereocenters. The smallest absolute Gasteiger partial charge is 0.255 e. The van der Waals surface area contributed by atoms with Gasteiger partial charge < -0.3 is 4.90 Å². The molecule has 0 radical (unpaired) electrons. The van der Waals surface area contributed by atoms with Crippen molar-refractivity contribution in [3.05, 3.63) is 69.2 Å². The Morgan fingerprint density at radius 3 is 2.40 bits per heavy atom. The van der Waals surface area contributed by atoms with Crippen LogP contribution < -0.4 is 0 Å². The summed E-state index contributed by atoms with van der Waals surface area (Å²) in [5.74, 6) is -0.0371. The average Bonchev–Trinajstić information content (AvgIpc) is 2.46. The Balaban J connectivity index is 2.28. The third kappa shape index (κ3) is 3.05. The van der Waals surface area contributed by atoms with Gasteiger partial charge in [-0.2, -0.15) is 0 Å². The zero-order valence-corrected chi connectivity index (χ0v) is 13.6. The minimum atomic E-state index is -0.0942. The van der Waals surface area contributed by atoms with Crippen molar-refractivity contribution >= 4 is 33.4 Å². The first-order chi connectivity index (χ1) is 9.52. The van der Waals surface area contributed by atoms with E-state index in [0.717, 1.165) is 10.0 Å². The molecule has 0 aliphatic carbocycles. The van der Waals surface area contributed by atoms with Gasteiger partial charge in [0, 0.05) is 16.5 Å². The van der Waals surface area contributed by atoms with E-state index in [9.17, 15) is 4.79 Å². The SMILES string of the molecule is CC(c1ccccc1Cl)N(C)C(=O)c1ccccc1Br. The minimum absolute atomic E-state index is 0.0371. The molecule has 4 heteroatoms. The van der Waals surface area contributed by atoms with Crippen LogP contribution in [0.25, 0.3) is 0 Å². The van der Waals surface area contributed by atoms with E-state index >= 15 is 0 Å². The number of hydrogen-bond acceptors (Lipinski definition) is 1. The van der Waals surface area contributed by atoms with Crippen LogP contribution in [0.15, 0.2) is 53.0 Å². The number of carbonyl (C=O) groups excluding carboxylic acids is 1. The number of carbonyl (C=O) groups is 1. The van der Waals surface area contributed by atoms with Crippen molar-refractivity contribution in [3.8, 4) is 0 Å². The van der Waals surface area contributed by atoms with Crippen LogP contribution >= 0.6 is 27.5 Å². The molecule has 20 heavy (non-hydrogen) atoms. The summed E-state index contributed by atoms with van der Waals surface area (Å²) < 4.78 is 0.795. The Kier molecular flexibility index (Phi) is 4.84. The second kappa shape index (κ2) is 6.42. The van der Waals surface area contributed by atoms with Crippen LogP contribution in [0.5, 0.6) is 0 Å². The number of benzene rings is 2. The Morgan fingerprint density at radius 1 is 1.15 bits per heavy atom. The second-order valence-corrected chi connectivity index (χ2v) is 5.85. The fourth-order valence-corrected chi connectivity index (χ4v) is 2.77. The maximum absolute atomic E-state index is 12.5. The lowest BCUT2D eigenvalue weighted by atomic mass is 10.1. The van der Waals surface area contributed by atoms with E-state index in [4.69, 9.17) is 11.6 Å². The highest BCUT2D eigenvalue weighted by molar-refractivity contribution is 9.10. The third-order valence-corrected chi connectivity index (χ3v) is 4.40. The second-order valence-electron chi connectivity index (χ2n) is 4.59. The summed E-state index contributed by atoms with van der Waals surface area (Å²) in [6.45, 7) is 1.97. The monoisotopic (exact) mass is 351 g/mol. The number of amides is 1. The van der Waals surface area contributed by atoms with Crippen LogP contribution in [-0.2, 0) is 0 Å². The Morgan fingerprint density at radius 2 is 1.75 bits per heavy atom. The van der Waals surface area contributed by atoms with Gasteiger partial charge in [0.25, 0.3) is 5.91 Å². The standard InChI is InChI=1S/C16H15BrClNO/c1-11(12-7-4-6-10-15(12)18)19(2)16(20)13-8-3-5-9-14(13)17/h3-11H,1-2H3. The molecule has 2 rings (SSSR count). The fourth-order valence-electron chi connectivity index (χ4n) is 2.02. The van der Waals surface area contributed by atoms with Crippen LogP contribution in [0.3, 0.4) is 0 Å². The highest BCUT2D eigenvalue weighted by Crippen LogP contribution is 2.28. The van der Waals surface area contributed by atoms with Crippen molar-refractivity contribution in [3.63, 3.8) is 0 Å². The zero-order valence-electron chi connectivity index (χ0n) is 11.3. The van der Waals surface area contributed by atoms with E-state index in [1.165, 1.54) is 0 Å². The van der Waals surface area contributed by atoms with Crippen LogP contribution in [0.1, 0.15) is 28.9 Å². The predicted octanol–water partition coefficient (Wildman–Crippen LogP) is 4.94. The molecule has 2 aromatic rings. The lowest BCUT2D eigenvalue weighted by molar-refractivity contribution is 0.0742. The summed E-state index contributed by atoms with van der Waals surface area (Å²) in [5.41, 5.74) is 1.59. The molecule has 1 amide bonds. The first-order valence-electron chi connectivity index (χ1n) is 6.28. The number of nitrogens with zero attached hydrogens (tertiary/aromatic N) is 1. The molecule has 0 saturated carbocycles. The molecule has 1 atom stereocenters. The topological polar surface area (TPSA) is 20.3 Å². The van der Waals surface area contributed by atoms with E-state index in [1.54, 1.807) is 11.9 Å². The number of hydrogen-bond donors (Lipinski definition) is 0. The quantitative estimate of drug-likeness (QED) is 0.766. The van der Waals surface area contributed by atoms with Gasteiger partial charge >= 0.3 is 0 Å². The molecular weight excluding hydrogens is 338 g/mol. The molecule has 0 aliphatic heterocycles. The molecule has 0 saturated heterocycles. The molecule has 2 nitrogen and oxygen atoms in total. The van der Waals surface area contributed by atoms with Crippen molar-refractivity contribution in [1.29, 1.82) is 0 Å². The molecule has 0 fully saturated rings. The number of halogens is 2. The summed E-state index contributed by atoms with van der Waals surface area (Å²) in [4.78, 5) is 14.2. The van der Waals surface area contributed by atoms with E-state index in [1.807, 2.05) is 55.5 Å².